The van der Waals surface area contributed by atoms with Gasteiger partial charge in [0.05, 0.1) is 31.4 Å². The summed E-state index contributed by atoms with van der Waals surface area (Å²) in [5, 5.41) is 25.5. The Morgan fingerprint density at radius 1 is 1.12 bits per heavy atom. The van der Waals surface area contributed by atoms with Crippen LogP contribution in [-0.2, 0) is 23.7 Å². The molecule has 228 valence electrons. The summed E-state index contributed by atoms with van der Waals surface area (Å²) in [6.07, 6.45) is 2.84. The quantitative estimate of drug-likeness (QED) is 0.140. The molecule has 3 N–H and O–H groups in total. The number of aliphatic hydroxyl groups is 1. The Bertz CT molecular complexity index is 1210. The Labute approximate surface area is 243 Å². The zero-order valence-electron chi connectivity index (χ0n) is 23.4. The van der Waals surface area contributed by atoms with Crippen molar-refractivity contribution in [3.8, 4) is 11.5 Å². The molecule has 0 spiro atoms. The molecule has 0 bridgehead atoms. The Balaban J connectivity index is 1.42. The van der Waals surface area contributed by atoms with Gasteiger partial charge >= 0.3 is 0 Å². The molecule has 2 aromatic rings. The molecular formula is C28H36N4O10. The largest absolute Gasteiger partial charge is 0.459 e. The molecule has 42 heavy (non-hydrogen) atoms. The van der Waals surface area contributed by atoms with E-state index in [2.05, 4.69) is 15.6 Å². The van der Waals surface area contributed by atoms with E-state index < -0.39 is 17.1 Å². The number of pyridine rings is 1. The Morgan fingerprint density at radius 2 is 1.93 bits per heavy atom. The monoisotopic (exact) mass is 588 g/mol. The van der Waals surface area contributed by atoms with Gasteiger partial charge in [-0.3, -0.25) is 14.9 Å². The third-order valence-electron chi connectivity index (χ3n) is 6.60. The molecule has 14 nitrogen and oxygen atoms in total. The second kappa shape index (κ2) is 15.9. The average molecular weight is 589 g/mol. The van der Waals surface area contributed by atoms with E-state index >= 15 is 0 Å². The van der Waals surface area contributed by atoms with Gasteiger partial charge in [0.25, 0.3) is 11.6 Å². The molecule has 4 rings (SSSR count). The van der Waals surface area contributed by atoms with Gasteiger partial charge in [-0.1, -0.05) is 6.07 Å². The number of nitro groups is 1. The lowest BCUT2D eigenvalue weighted by Crippen LogP contribution is -2.40. The van der Waals surface area contributed by atoms with Crippen LogP contribution in [0.5, 0.6) is 11.5 Å². The number of hydrogen-bond donors (Lipinski definition) is 3. The number of nitrogens with zero attached hydrogens (tertiary/aromatic N) is 2. The predicted molar refractivity (Wildman–Crippen MR) is 149 cm³/mol. The van der Waals surface area contributed by atoms with Crippen molar-refractivity contribution in [2.45, 2.75) is 25.6 Å². The Kier molecular flexibility index (Phi) is 11.7. The SMILES string of the molecule is CCO[C@H]1OC(C(=O)NCCNc2ccc([N+](=O)[O-])cn2)=C[C@@H](c2ccc3c(c2)OCO3)[C@@H]1CCOCCOCCO. The maximum Gasteiger partial charge on any atom is 0.287 e. The lowest BCUT2D eigenvalue weighted by molar-refractivity contribution is -0.385. The molecule has 2 aliphatic rings. The van der Waals surface area contributed by atoms with E-state index in [-0.39, 0.29) is 49.8 Å². The molecule has 0 saturated carbocycles. The average Bonchev–Trinajstić information content (AvgIpc) is 3.47. The summed E-state index contributed by atoms with van der Waals surface area (Å²) < 4.78 is 34.1. The number of carbonyl (C=O) groups is 1. The third kappa shape index (κ3) is 8.52. The van der Waals surface area contributed by atoms with E-state index in [0.717, 1.165) is 11.8 Å². The number of carbonyl (C=O) groups excluding carboxylic acids is 1. The van der Waals surface area contributed by atoms with Gasteiger partial charge in [0.2, 0.25) is 13.1 Å². The van der Waals surface area contributed by atoms with Crippen LogP contribution in [0.2, 0.25) is 0 Å². The Morgan fingerprint density at radius 3 is 2.67 bits per heavy atom. The fraction of sp³-hybridized carbons (Fsp3) is 0.500. The van der Waals surface area contributed by atoms with E-state index in [1.54, 1.807) is 6.08 Å². The molecule has 3 heterocycles. The van der Waals surface area contributed by atoms with Crippen LogP contribution in [0.25, 0.3) is 0 Å². The number of aliphatic hydroxyl groups excluding tert-OH is 1. The zero-order chi connectivity index (χ0) is 29.7. The number of ether oxygens (including phenoxy) is 6. The zero-order valence-corrected chi connectivity index (χ0v) is 23.4. The van der Waals surface area contributed by atoms with Crippen molar-refractivity contribution in [3.63, 3.8) is 0 Å². The highest BCUT2D eigenvalue weighted by atomic mass is 16.7. The summed E-state index contributed by atoms with van der Waals surface area (Å²) >= 11 is 0. The number of anilines is 1. The van der Waals surface area contributed by atoms with Gasteiger partial charge in [-0.25, -0.2) is 4.98 Å². The highest BCUT2D eigenvalue weighted by molar-refractivity contribution is 5.91. The lowest BCUT2D eigenvalue weighted by atomic mass is 9.81. The van der Waals surface area contributed by atoms with E-state index in [1.807, 2.05) is 25.1 Å². The molecule has 1 aromatic carbocycles. The molecule has 0 radical (unpaired) electrons. The maximum absolute atomic E-state index is 13.2. The summed E-state index contributed by atoms with van der Waals surface area (Å²) in [5.74, 6) is 1.06. The number of rotatable bonds is 17. The summed E-state index contributed by atoms with van der Waals surface area (Å²) in [6.45, 7) is 4.38. The number of nitrogens with one attached hydrogen (secondary N) is 2. The minimum atomic E-state index is -0.701. The number of amides is 1. The molecule has 0 saturated heterocycles. The van der Waals surface area contributed by atoms with Crippen molar-refractivity contribution < 1.29 is 43.2 Å². The standard InChI is InChI=1S/C28H36N4O10/c1-2-39-28-21(7-11-37-13-14-38-12-10-33)22(19-3-5-23-24(15-19)41-18-40-23)16-25(42-28)27(34)30-9-8-29-26-6-4-20(17-31-26)32(35)36/h3-6,15-17,21-22,28,33H,2,7-14,18H2,1H3,(H,29,31)(H,30,34)/t21-,22-,28-/m0/s1. The van der Waals surface area contributed by atoms with Crippen molar-refractivity contribution in [3.05, 3.63) is 64.0 Å². The van der Waals surface area contributed by atoms with Gasteiger partial charge in [-0.2, -0.15) is 0 Å². The van der Waals surface area contributed by atoms with Crippen LogP contribution < -0.4 is 20.1 Å². The normalized spacial score (nSPS) is 19.1. The number of allylic oxidation sites excluding steroid dienone is 1. The summed E-state index contributed by atoms with van der Waals surface area (Å²) in [4.78, 5) is 27.4. The first kappa shape index (κ1) is 31.0. The van der Waals surface area contributed by atoms with Gasteiger partial charge in [0.1, 0.15) is 12.0 Å². The van der Waals surface area contributed by atoms with Gasteiger partial charge in [-0.05, 0) is 43.2 Å². The lowest BCUT2D eigenvalue weighted by Gasteiger charge is -2.37. The van der Waals surface area contributed by atoms with Gasteiger partial charge in [0.15, 0.2) is 17.3 Å². The molecule has 0 aliphatic carbocycles. The van der Waals surface area contributed by atoms with E-state index in [9.17, 15) is 14.9 Å². The molecule has 0 fully saturated rings. The fourth-order valence-corrected chi connectivity index (χ4v) is 4.60. The number of benzene rings is 1. The van der Waals surface area contributed by atoms with E-state index in [1.165, 1.54) is 12.1 Å². The smallest absolute Gasteiger partial charge is 0.287 e. The third-order valence-corrected chi connectivity index (χ3v) is 6.60. The van der Waals surface area contributed by atoms with Crippen LogP contribution >= 0.6 is 0 Å². The summed E-state index contributed by atoms with van der Waals surface area (Å²) in [7, 11) is 0. The highest BCUT2D eigenvalue weighted by Crippen LogP contribution is 2.42. The maximum atomic E-state index is 13.2. The van der Waals surface area contributed by atoms with E-state index in [0.29, 0.717) is 56.7 Å². The second-order valence-electron chi connectivity index (χ2n) is 9.35. The first-order valence-electron chi connectivity index (χ1n) is 13.8. The van der Waals surface area contributed by atoms with Crippen LogP contribution in [0.3, 0.4) is 0 Å². The molecule has 1 aromatic heterocycles. The van der Waals surface area contributed by atoms with Crippen LogP contribution in [0.1, 0.15) is 24.8 Å². The van der Waals surface area contributed by atoms with Crippen LogP contribution in [-0.4, -0.2) is 86.7 Å². The fourth-order valence-electron chi connectivity index (χ4n) is 4.60. The topological polar surface area (TPSA) is 173 Å². The number of hydrogen-bond acceptors (Lipinski definition) is 12. The molecule has 1 amide bonds. The number of aromatic nitrogens is 1. The highest BCUT2D eigenvalue weighted by Gasteiger charge is 2.38. The van der Waals surface area contributed by atoms with Crippen molar-refractivity contribution in [1.82, 2.24) is 10.3 Å². The van der Waals surface area contributed by atoms with Crippen LogP contribution in [0.4, 0.5) is 11.5 Å². The molecule has 14 heteroatoms. The molecular weight excluding hydrogens is 552 g/mol. The summed E-state index contributed by atoms with van der Waals surface area (Å²) in [5.41, 5.74) is 0.813. The van der Waals surface area contributed by atoms with Crippen molar-refractivity contribution in [2.24, 2.45) is 5.92 Å². The van der Waals surface area contributed by atoms with Gasteiger partial charge < -0.3 is 44.2 Å². The van der Waals surface area contributed by atoms with Crippen molar-refractivity contribution in [1.29, 1.82) is 0 Å². The minimum absolute atomic E-state index is 0.0393. The molecule has 2 aliphatic heterocycles. The first-order chi connectivity index (χ1) is 20.5. The predicted octanol–water partition coefficient (Wildman–Crippen LogP) is 2.34. The van der Waals surface area contributed by atoms with E-state index in [4.69, 9.17) is 33.5 Å². The number of fused-ring (bicyclic) bond motifs is 1. The molecule has 0 unspecified atom stereocenters. The van der Waals surface area contributed by atoms with Crippen molar-refractivity contribution in [2.75, 3.05) is 64.8 Å². The Hall–Kier alpha value is -3.98. The van der Waals surface area contributed by atoms with Crippen LogP contribution in [0, 0.1) is 16.0 Å². The van der Waals surface area contributed by atoms with Gasteiger partial charge in [0, 0.05) is 44.2 Å². The molecule has 3 atom stereocenters. The van der Waals surface area contributed by atoms with Gasteiger partial charge in [-0.15, -0.1) is 0 Å². The van der Waals surface area contributed by atoms with Crippen molar-refractivity contribution >= 4 is 17.4 Å². The summed E-state index contributed by atoms with van der Waals surface area (Å²) in [6, 6.07) is 8.55. The second-order valence-corrected chi connectivity index (χ2v) is 9.35. The first-order valence-corrected chi connectivity index (χ1v) is 13.8. The van der Waals surface area contributed by atoms with Crippen LogP contribution in [0.15, 0.2) is 48.4 Å². The minimum Gasteiger partial charge on any atom is -0.459 e.